The number of likely N-dealkylation sites (N-methyl/N-ethyl adjacent to an activating group) is 1. The van der Waals surface area contributed by atoms with Gasteiger partial charge in [-0.25, -0.2) is 4.39 Å². The van der Waals surface area contributed by atoms with E-state index >= 15 is 0 Å². The van der Waals surface area contributed by atoms with Crippen LogP contribution in [0.3, 0.4) is 0 Å². The third kappa shape index (κ3) is 4.59. The SMILES string of the molecule is C[NH+]1CCN(C(=O)c2c(NC(=O)c3ccccc3F)sc3c2CC[C@@H](C(C)(C)C)C3)CC1. The zero-order valence-electron chi connectivity index (χ0n) is 19.4. The van der Waals surface area contributed by atoms with Crippen LogP contribution in [0.15, 0.2) is 24.3 Å². The van der Waals surface area contributed by atoms with Gasteiger partial charge in [-0.05, 0) is 48.3 Å². The summed E-state index contributed by atoms with van der Waals surface area (Å²) >= 11 is 1.50. The Morgan fingerprint density at radius 3 is 2.53 bits per heavy atom. The van der Waals surface area contributed by atoms with E-state index in [0.717, 1.165) is 37.9 Å². The summed E-state index contributed by atoms with van der Waals surface area (Å²) in [4.78, 5) is 31.0. The normalized spacial score (nSPS) is 19.5. The van der Waals surface area contributed by atoms with Gasteiger partial charge in [0.25, 0.3) is 11.8 Å². The lowest BCUT2D eigenvalue weighted by atomic mass is 9.72. The van der Waals surface area contributed by atoms with Gasteiger partial charge in [-0.1, -0.05) is 32.9 Å². The van der Waals surface area contributed by atoms with Gasteiger partial charge in [-0.3, -0.25) is 9.59 Å². The number of hydrogen-bond donors (Lipinski definition) is 2. The number of thiophene rings is 1. The number of benzene rings is 1. The second kappa shape index (κ2) is 8.94. The summed E-state index contributed by atoms with van der Waals surface area (Å²) in [5.41, 5.74) is 1.88. The quantitative estimate of drug-likeness (QED) is 0.742. The first-order valence-electron chi connectivity index (χ1n) is 11.5. The molecule has 1 saturated heterocycles. The van der Waals surface area contributed by atoms with Crippen LogP contribution >= 0.6 is 11.3 Å². The summed E-state index contributed by atoms with van der Waals surface area (Å²) in [6.07, 6.45) is 2.77. The van der Waals surface area contributed by atoms with E-state index in [1.54, 1.807) is 12.1 Å². The zero-order chi connectivity index (χ0) is 23.0. The van der Waals surface area contributed by atoms with Crippen molar-refractivity contribution in [3.8, 4) is 0 Å². The molecule has 5 nitrogen and oxygen atoms in total. The fourth-order valence-electron chi connectivity index (χ4n) is 4.70. The molecule has 1 atom stereocenters. The van der Waals surface area contributed by atoms with Gasteiger partial charge in [0, 0.05) is 4.88 Å². The smallest absolute Gasteiger partial charge is 0.259 e. The Morgan fingerprint density at radius 1 is 1.19 bits per heavy atom. The predicted molar refractivity (Wildman–Crippen MR) is 126 cm³/mol. The van der Waals surface area contributed by atoms with E-state index < -0.39 is 11.7 Å². The molecule has 1 aliphatic carbocycles. The lowest BCUT2D eigenvalue weighted by Gasteiger charge is -2.34. The Morgan fingerprint density at radius 2 is 1.88 bits per heavy atom. The van der Waals surface area contributed by atoms with Crippen molar-refractivity contribution in [3.63, 3.8) is 0 Å². The highest BCUT2D eigenvalue weighted by Gasteiger charge is 2.36. The van der Waals surface area contributed by atoms with Crippen LogP contribution in [0.25, 0.3) is 0 Å². The van der Waals surface area contributed by atoms with Gasteiger partial charge in [0.1, 0.15) is 10.8 Å². The van der Waals surface area contributed by atoms with Crippen LogP contribution in [-0.4, -0.2) is 49.9 Å². The summed E-state index contributed by atoms with van der Waals surface area (Å²) in [6.45, 7) is 10.0. The van der Waals surface area contributed by atoms with Crippen molar-refractivity contribution in [3.05, 3.63) is 51.7 Å². The van der Waals surface area contributed by atoms with Crippen molar-refractivity contribution >= 4 is 28.2 Å². The van der Waals surface area contributed by atoms with Crippen molar-refractivity contribution in [2.24, 2.45) is 11.3 Å². The predicted octanol–water partition coefficient (Wildman–Crippen LogP) is 3.26. The Balaban J connectivity index is 1.68. The maximum absolute atomic E-state index is 14.2. The Kier molecular flexibility index (Phi) is 6.41. The number of piperazine rings is 1. The number of rotatable bonds is 3. The number of fused-ring (bicyclic) bond motifs is 1. The van der Waals surface area contributed by atoms with E-state index in [4.69, 9.17) is 0 Å². The molecule has 1 aliphatic heterocycles. The average Bonchev–Trinajstić information content (AvgIpc) is 3.10. The van der Waals surface area contributed by atoms with Gasteiger partial charge in [0.2, 0.25) is 0 Å². The number of nitrogens with zero attached hydrogens (tertiary/aromatic N) is 1. The number of anilines is 1. The van der Waals surface area contributed by atoms with Gasteiger partial charge in [-0.2, -0.15) is 0 Å². The highest BCUT2D eigenvalue weighted by molar-refractivity contribution is 7.17. The molecule has 0 radical (unpaired) electrons. The molecule has 0 bridgehead atoms. The van der Waals surface area contributed by atoms with Gasteiger partial charge in [0.05, 0.1) is 44.4 Å². The molecule has 2 aliphatic rings. The van der Waals surface area contributed by atoms with Crippen molar-refractivity contribution in [2.75, 3.05) is 38.5 Å². The molecule has 172 valence electrons. The number of carbonyl (C=O) groups is 2. The second-order valence-electron chi connectivity index (χ2n) is 10.2. The molecule has 0 unspecified atom stereocenters. The standard InChI is InChI=1S/C25H32FN3O2S/c1-25(2,3)16-9-10-18-20(15-16)32-23(27-22(30)17-7-5-6-8-19(17)26)21(18)24(31)29-13-11-28(4)12-14-29/h5-8,16H,9-15H2,1-4H3,(H,27,30)/p+1/t16-/m1/s1. The van der Waals surface area contributed by atoms with E-state index in [1.807, 2.05) is 4.90 Å². The molecular formula is C25H33FN3O2S+. The zero-order valence-corrected chi connectivity index (χ0v) is 20.2. The summed E-state index contributed by atoms with van der Waals surface area (Å²) in [5.74, 6) is -0.549. The van der Waals surface area contributed by atoms with Crippen molar-refractivity contribution in [1.82, 2.24) is 4.90 Å². The van der Waals surface area contributed by atoms with E-state index in [-0.39, 0.29) is 16.9 Å². The van der Waals surface area contributed by atoms with E-state index in [2.05, 4.69) is 33.1 Å². The summed E-state index contributed by atoms with van der Waals surface area (Å²) < 4.78 is 14.2. The molecule has 1 aromatic heterocycles. The summed E-state index contributed by atoms with van der Waals surface area (Å²) in [7, 11) is 2.14. The van der Waals surface area contributed by atoms with Crippen LogP contribution in [0, 0.1) is 17.2 Å². The van der Waals surface area contributed by atoms with Crippen LogP contribution < -0.4 is 10.2 Å². The van der Waals surface area contributed by atoms with Crippen LogP contribution in [-0.2, 0) is 12.8 Å². The van der Waals surface area contributed by atoms with E-state index in [0.29, 0.717) is 29.6 Å². The van der Waals surface area contributed by atoms with E-state index in [9.17, 15) is 14.0 Å². The fraction of sp³-hybridized carbons (Fsp3) is 0.520. The molecule has 2 heterocycles. The molecule has 2 N–H and O–H groups in total. The van der Waals surface area contributed by atoms with Crippen LogP contribution in [0.4, 0.5) is 9.39 Å². The number of amides is 2. The van der Waals surface area contributed by atoms with Crippen LogP contribution in [0.5, 0.6) is 0 Å². The molecule has 2 aromatic rings. The fourth-order valence-corrected chi connectivity index (χ4v) is 6.02. The lowest BCUT2D eigenvalue weighted by molar-refractivity contribution is -0.883. The minimum Gasteiger partial charge on any atom is -0.334 e. The molecule has 1 aromatic carbocycles. The Hall–Kier alpha value is -2.25. The molecule has 7 heteroatoms. The minimum absolute atomic E-state index is 0.00644. The number of carbonyl (C=O) groups excluding carboxylic acids is 2. The van der Waals surface area contributed by atoms with Gasteiger partial charge >= 0.3 is 0 Å². The van der Waals surface area contributed by atoms with Crippen molar-refractivity contribution < 1.29 is 18.9 Å². The Labute approximate surface area is 193 Å². The molecular weight excluding hydrogens is 425 g/mol. The number of halogens is 1. The van der Waals surface area contributed by atoms with Crippen molar-refractivity contribution in [2.45, 2.75) is 40.0 Å². The highest BCUT2D eigenvalue weighted by atomic mass is 32.1. The third-order valence-corrected chi connectivity index (χ3v) is 8.12. The molecule has 1 fully saturated rings. The molecule has 2 amide bonds. The number of hydrogen-bond acceptors (Lipinski definition) is 3. The molecule has 4 rings (SSSR count). The first kappa shape index (κ1) is 22.9. The van der Waals surface area contributed by atoms with Gasteiger partial charge in [0.15, 0.2) is 0 Å². The average molecular weight is 459 g/mol. The van der Waals surface area contributed by atoms with E-state index in [1.165, 1.54) is 33.2 Å². The van der Waals surface area contributed by atoms with Crippen molar-refractivity contribution in [1.29, 1.82) is 0 Å². The largest absolute Gasteiger partial charge is 0.334 e. The minimum atomic E-state index is -0.561. The maximum Gasteiger partial charge on any atom is 0.259 e. The first-order chi connectivity index (χ1) is 15.1. The Bertz CT molecular complexity index is 1020. The van der Waals surface area contributed by atoms with Crippen LogP contribution in [0.2, 0.25) is 0 Å². The maximum atomic E-state index is 14.2. The van der Waals surface area contributed by atoms with Gasteiger partial charge in [-0.15, -0.1) is 11.3 Å². The third-order valence-electron chi connectivity index (χ3n) is 6.95. The van der Waals surface area contributed by atoms with Crippen LogP contribution in [0.1, 0.15) is 58.3 Å². The summed E-state index contributed by atoms with van der Waals surface area (Å²) in [5, 5.41) is 3.46. The molecule has 32 heavy (non-hydrogen) atoms. The lowest BCUT2D eigenvalue weighted by Crippen LogP contribution is -3.12. The highest BCUT2D eigenvalue weighted by Crippen LogP contribution is 2.44. The second-order valence-corrected chi connectivity index (χ2v) is 11.3. The first-order valence-corrected chi connectivity index (χ1v) is 12.3. The molecule has 0 spiro atoms. The molecule has 0 saturated carbocycles. The topological polar surface area (TPSA) is 53.9 Å². The van der Waals surface area contributed by atoms with Gasteiger partial charge < -0.3 is 15.1 Å². The summed E-state index contributed by atoms with van der Waals surface area (Å²) in [6, 6.07) is 5.95. The monoisotopic (exact) mass is 458 g/mol. The number of quaternary nitrogens is 1. The number of nitrogens with one attached hydrogen (secondary N) is 2.